The van der Waals surface area contributed by atoms with Gasteiger partial charge in [-0.05, 0) is 38.5 Å². The smallest absolute Gasteiger partial charge is 0.303 e. The number of carboxylic acid groups (broad SMARTS) is 1. The minimum atomic E-state index is -0.726. The van der Waals surface area contributed by atoms with Gasteiger partial charge in [0, 0.05) is 6.42 Å². The predicted molar refractivity (Wildman–Crippen MR) is 97.4 cm³/mol. The van der Waals surface area contributed by atoms with Crippen molar-refractivity contribution in [2.45, 2.75) is 70.8 Å². The molecular weight excluding hydrogens is 288 g/mol. The van der Waals surface area contributed by atoms with Crippen molar-refractivity contribution in [2.24, 2.45) is 0 Å². The van der Waals surface area contributed by atoms with Gasteiger partial charge in [-0.3, -0.25) is 4.79 Å². The van der Waals surface area contributed by atoms with E-state index in [1.165, 1.54) is 0 Å². The number of aliphatic hydroxyl groups excluding tert-OH is 1. The Morgan fingerprint density at radius 1 is 0.913 bits per heavy atom. The average Bonchev–Trinajstić information content (AvgIpc) is 2.52. The number of rotatable bonds is 14. The summed E-state index contributed by atoms with van der Waals surface area (Å²) in [4.78, 5) is 10.3. The molecule has 3 heteroatoms. The van der Waals surface area contributed by atoms with Crippen LogP contribution in [0.3, 0.4) is 0 Å². The predicted octanol–water partition coefficient (Wildman–Crippen LogP) is 5.19. The third kappa shape index (κ3) is 18.3. The van der Waals surface area contributed by atoms with Gasteiger partial charge >= 0.3 is 5.97 Å². The van der Waals surface area contributed by atoms with E-state index in [0.717, 1.165) is 44.9 Å². The Balaban J connectivity index is 3.53. The molecule has 0 aromatic heterocycles. The zero-order valence-corrected chi connectivity index (χ0v) is 14.4. The normalized spacial score (nSPS) is 13.8. The summed E-state index contributed by atoms with van der Waals surface area (Å²) in [5, 5.41) is 18.1. The number of allylic oxidation sites excluding steroid dienone is 7. The van der Waals surface area contributed by atoms with Gasteiger partial charge in [-0.1, -0.05) is 68.4 Å². The highest BCUT2D eigenvalue weighted by Crippen LogP contribution is 2.02. The molecule has 3 nitrogen and oxygen atoms in total. The Morgan fingerprint density at radius 3 is 2.04 bits per heavy atom. The minimum Gasteiger partial charge on any atom is -0.481 e. The highest BCUT2D eigenvalue weighted by Gasteiger charge is 1.95. The molecule has 0 radical (unpaired) electrons. The minimum absolute atomic E-state index is 0.245. The van der Waals surface area contributed by atoms with Gasteiger partial charge in [0.25, 0.3) is 0 Å². The summed E-state index contributed by atoms with van der Waals surface area (Å²) >= 11 is 0. The maximum Gasteiger partial charge on any atom is 0.303 e. The van der Waals surface area contributed by atoms with Gasteiger partial charge in [-0.2, -0.15) is 0 Å². The molecule has 0 rings (SSSR count). The highest BCUT2D eigenvalue weighted by molar-refractivity contribution is 5.66. The van der Waals surface area contributed by atoms with Crippen LogP contribution in [0.15, 0.2) is 48.6 Å². The fourth-order valence-electron chi connectivity index (χ4n) is 1.95. The van der Waals surface area contributed by atoms with Crippen LogP contribution in [0, 0.1) is 0 Å². The van der Waals surface area contributed by atoms with E-state index in [1.807, 2.05) is 18.2 Å². The van der Waals surface area contributed by atoms with Gasteiger partial charge in [0.1, 0.15) is 0 Å². The Morgan fingerprint density at radius 2 is 1.48 bits per heavy atom. The first-order valence-corrected chi connectivity index (χ1v) is 8.68. The fourth-order valence-corrected chi connectivity index (χ4v) is 1.95. The Hall–Kier alpha value is -1.61. The van der Waals surface area contributed by atoms with Crippen LogP contribution in [0.25, 0.3) is 0 Å². The summed E-state index contributed by atoms with van der Waals surface area (Å²) in [5.74, 6) is -0.726. The largest absolute Gasteiger partial charge is 0.481 e. The molecule has 2 N–H and O–H groups in total. The maximum atomic E-state index is 10.3. The third-order valence-corrected chi connectivity index (χ3v) is 3.29. The van der Waals surface area contributed by atoms with E-state index < -0.39 is 5.97 Å². The quantitative estimate of drug-likeness (QED) is 0.342. The zero-order valence-electron chi connectivity index (χ0n) is 14.4. The zero-order chi connectivity index (χ0) is 17.2. The van der Waals surface area contributed by atoms with Crippen molar-refractivity contribution in [3.63, 3.8) is 0 Å². The number of aliphatic carboxylic acids is 1. The molecule has 130 valence electrons. The molecule has 0 saturated carbocycles. The molecular formula is C20H32O3. The lowest BCUT2D eigenvalue weighted by Crippen LogP contribution is -2.00. The lowest BCUT2D eigenvalue weighted by atomic mass is 10.1. The topological polar surface area (TPSA) is 57.5 Å². The van der Waals surface area contributed by atoms with E-state index in [2.05, 4.69) is 37.3 Å². The summed E-state index contributed by atoms with van der Waals surface area (Å²) in [6.07, 6.45) is 23.7. The molecule has 1 unspecified atom stereocenters. The second-order valence-corrected chi connectivity index (χ2v) is 5.55. The van der Waals surface area contributed by atoms with E-state index in [0.29, 0.717) is 6.42 Å². The monoisotopic (exact) mass is 320 g/mol. The molecule has 0 spiro atoms. The molecule has 0 aliphatic carbocycles. The molecule has 0 fully saturated rings. The van der Waals surface area contributed by atoms with E-state index in [-0.39, 0.29) is 12.5 Å². The molecule has 0 amide bonds. The molecule has 0 aliphatic heterocycles. The Bertz CT molecular complexity index is 392. The third-order valence-electron chi connectivity index (χ3n) is 3.29. The molecule has 0 bridgehead atoms. The highest BCUT2D eigenvalue weighted by atomic mass is 16.4. The lowest BCUT2D eigenvalue weighted by Gasteiger charge is -2.02. The molecule has 0 aliphatic rings. The second-order valence-electron chi connectivity index (χ2n) is 5.55. The first kappa shape index (κ1) is 21.4. The van der Waals surface area contributed by atoms with Crippen molar-refractivity contribution in [2.75, 3.05) is 0 Å². The average molecular weight is 320 g/mol. The molecule has 23 heavy (non-hydrogen) atoms. The molecule has 0 aromatic rings. The number of unbranched alkanes of at least 4 members (excludes halogenated alkanes) is 2. The van der Waals surface area contributed by atoms with Crippen LogP contribution in [0.5, 0.6) is 0 Å². The van der Waals surface area contributed by atoms with E-state index >= 15 is 0 Å². The van der Waals surface area contributed by atoms with E-state index in [9.17, 15) is 9.90 Å². The van der Waals surface area contributed by atoms with Gasteiger partial charge in [0.2, 0.25) is 0 Å². The summed E-state index contributed by atoms with van der Waals surface area (Å²) in [6, 6.07) is 0. The van der Waals surface area contributed by atoms with Gasteiger partial charge in [-0.25, -0.2) is 0 Å². The summed E-state index contributed by atoms with van der Waals surface area (Å²) in [7, 11) is 0. The lowest BCUT2D eigenvalue weighted by molar-refractivity contribution is -0.137. The first-order valence-electron chi connectivity index (χ1n) is 8.68. The van der Waals surface area contributed by atoms with Crippen LogP contribution in [0.1, 0.15) is 64.7 Å². The first-order chi connectivity index (χ1) is 11.2. The second kappa shape index (κ2) is 16.8. The van der Waals surface area contributed by atoms with E-state index in [1.54, 1.807) is 0 Å². The number of carboxylic acids is 1. The number of hydrogen-bond acceptors (Lipinski definition) is 2. The van der Waals surface area contributed by atoms with Crippen molar-refractivity contribution in [3.8, 4) is 0 Å². The Labute approximate surface area is 141 Å². The molecule has 0 saturated heterocycles. The van der Waals surface area contributed by atoms with Crippen LogP contribution in [0.2, 0.25) is 0 Å². The standard InChI is InChI=1S/C20H32O3/c1-2-3-16-19(21)17-14-12-10-8-6-4-5-7-9-11-13-15-18-20(22)23/h4-5,8-11,14,17,19,21H,2-3,6-7,12-13,15-16,18H2,1H3,(H,22,23)/b5-4+,10-8-,11-9+,17-14+. The van der Waals surface area contributed by atoms with Crippen molar-refractivity contribution in [1.82, 2.24) is 0 Å². The van der Waals surface area contributed by atoms with Gasteiger partial charge in [0.15, 0.2) is 0 Å². The fraction of sp³-hybridized carbons (Fsp3) is 0.550. The summed E-state index contributed by atoms with van der Waals surface area (Å²) < 4.78 is 0. The summed E-state index contributed by atoms with van der Waals surface area (Å²) in [5.41, 5.74) is 0. The maximum absolute atomic E-state index is 10.3. The summed E-state index contributed by atoms with van der Waals surface area (Å²) in [6.45, 7) is 2.13. The van der Waals surface area contributed by atoms with Gasteiger partial charge in [0.05, 0.1) is 6.10 Å². The molecule has 0 heterocycles. The van der Waals surface area contributed by atoms with Crippen molar-refractivity contribution >= 4 is 5.97 Å². The van der Waals surface area contributed by atoms with Crippen molar-refractivity contribution < 1.29 is 15.0 Å². The van der Waals surface area contributed by atoms with Crippen molar-refractivity contribution in [1.29, 1.82) is 0 Å². The SMILES string of the molecule is CCCCC(O)/C=C/C/C=C\C/C=C/C/C=C/CCCC(=O)O. The van der Waals surface area contributed by atoms with Crippen LogP contribution < -0.4 is 0 Å². The number of aliphatic hydroxyl groups is 1. The number of hydrogen-bond donors (Lipinski definition) is 2. The van der Waals surface area contributed by atoms with Crippen molar-refractivity contribution in [3.05, 3.63) is 48.6 Å². The number of carbonyl (C=O) groups is 1. The van der Waals surface area contributed by atoms with Gasteiger partial charge in [-0.15, -0.1) is 0 Å². The van der Waals surface area contributed by atoms with Crippen LogP contribution >= 0.6 is 0 Å². The Kier molecular flexibility index (Phi) is 15.6. The van der Waals surface area contributed by atoms with Crippen LogP contribution in [0.4, 0.5) is 0 Å². The molecule has 1 atom stereocenters. The van der Waals surface area contributed by atoms with Crippen LogP contribution in [-0.2, 0) is 4.79 Å². The molecule has 0 aromatic carbocycles. The van der Waals surface area contributed by atoms with Gasteiger partial charge < -0.3 is 10.2 Å². The van der Waals surface area contributed by atoms with Crippen LogP contribution in [-0.4, -0.2) is 22.3 Å². The van der Waals surface area contributed by atoms with E-state index in [4.69, 9.17) is 5.11 Å².